The van der Waals surface area contributed by atoms with Crippen LogP contribution in [0.5, 0.6) is 11.5 Å². The Kier molecular flexibility index (Phi) is 4.22. The maximum absolute atomic E-state index is 11.5. The van der Waals surface area contributed by atoms with E-state index in [9.17, 15) is 10.2 Å². The maximum atomic E-state index is 11.5. The van der Waals surface area contributed by atoms with Crippen LogP contribution >= 0.6 is 0 Å². The van der Waals surface area contributed by atoms with Gasteiger partial charge in [0.1, 0.15) is 11.5 Å². The average Bonchev–Trinajstić information content (AvgIpc) is 2.73. The van der Waals surface area contributed by atoms with Crippen molar-refractivity contribution >= 4 is 21.5 Å². The SMILES string of the molecule is Cc1cc(C)cc(-c2cc3ccccc3c(-c3c(O)ccc4ccccc34)c2O)c1. The summed E-state index contributed by atoms with van der Waals surface area (Å²) in [5.74, 6) is 0.345. The second-order valence-corrected chi connectivity index (χ2v) is 7.93. The predicted molar refractivity (Wildman–Crippen MR) is 125 cm³/mol. The van der Waals surface area contributed by atoms with E-state index < -0.39 is 0 Å². The third kappa shape index (κ3) is 2.89. The van der Waals surface area contributed by atoms with Crippen LogP contribution in [0.25, 0.3) is 43.8 Å². The summed E-state index contributed by atoms with van der Waals surface area (Å²) in [5.41, 5.74) is 5.35. The van der Waals surface area contributed by atoms with Crippen LogP contribution in [0.15, 0.2) is 84.9 Å². The number of fused-ring (bicyclic) bond motifs is 2. The highest BCUT2D eigenvalue weighted by Gasteiger charge is 2.20. The number of aryl methyl sites for hydroxylation is 2. The summed E-state index contributed by atoms with van der Waals surface area (Å²) in [6.45, 7) is 4.12. The largest absolute Gasteiger partial charge is 0.507 e. The van der Waals surface area contributed by atoms with Gasteiger partial charge >= 0.3 is 0 Å². The monoisotopic (exact) mass is 390 g/mol. The average molecular weight is 390 g/mol. The van der Waals surface area contributed by atoms with Gasteiger partial charge in [-0.2, -0.15) is 0 Å². The van der Waals surface area contributed by atoms with E-state index in [1.165, 1.54) is 0 Å². The number of hydrogen-bond acceptors (Lipinski definition) is 2. The van der Waals surface area contributed by atoms with Gasteiger partial charge in [-0.15, -0.1) is 0 Å². The van der Waals surface area contributed by atoms with Crippen molar-refractivity contribution in [2.24, 2.45) is 0 Å². The van der Waals surface area contributed by atoms with Crippen molar-refractivity contribution in [2.75, 3.05) is 0 Å². The van der Waals surface area contributed by atoms with Gasteiger partial charge in [-0.25, -0.2) is 0 Å². The molecule has 0 saturated carbocycles. The number of benzene rings is 5. The zero-order valence-corrected chi connectivity index (χ0v) is 17.0. The molecule has 0 aliphatic carbocycles. The molecule has 30 heavy (non-hydrogen) atoms. The molecule has 0 radical (unpaired) electrons. The van der Waals surface area contributed by atoms with Gasteiger partial charge in [0.25, 0.3) is 0 Å². The zero-order valence-electron chi connectivity index (χ0n) is 17.0. The Morgan fingerprint density at radius 2 is 1.17 bits per heavy atom. The van der Waals surface area contributed by atoms with Crippen LogP contribution in [-0.2, 0) is 0 Å². The van der Waals surface area contributed by atoms with Crippen LogP contribution in [0.2, 0.25) is 0 Å². The molecule has 0 fully saturated rings. The Morgan fingerprint density at radius 3 is 1.87 bits per heavy atom. The van der Waals surface area contributed by atoms with E-state index in [0.717, 1.165) is 43.8 Å². The van der Waals surface area contributed by atoms with Gasteiger partial charge in [-0.3, -0.25) is 0 Å². The molecule has 0 unspecified atom stereocenters. The first-order valence-electron chi connectivity index (χ1n) is 10.1. The van der Waals surface area contributed by atoms with Gasteiger partial charge < -0.3 is 10.2 Å². The molecule has 0 aliphatic heterocycles. The van der Waals surface area contributed by atoms with Crippen molar-refractivity contribution in [2.45, 2.75) is 13.8 Å². The topological polar surface area (TPSA) is 40.5 Å². The fraction of sp³-hybridized carbons (Fsp3) is 0.0714. The molecule has 0 atom stereocenters. The van der Waals surface area contributed by atoms with Crippen molar-refractivity contribution in [1.82, 2.24) is 0 Å². The van der Waals surface area contributed by atoms with E-state index in [2.05, 4.69) is 32.0 Å². The molecule has 2 nitrogen and oxygen atoms in total. The second kappa shape index (κ2) is 6.93. The Morgan fingerprint density at radius 1 is 0.567 bits per heavy atom. The van der Waals surface area contributed by atoms with Gasteiger partial charge in [0.15, 0.2) is 0 Å². The lowest BCUT2D eigenvalue weighted by molar-refractivity contribution is 0.471. The summed E-state index contributed by atoms with van der Waals surface area (Å²) in [6.07, 6.45) is 0. The molecule has 2 heteroatoms. The number of rotatable bonds is 2. The molecule has 0 heterocycles. The highest BCUT2D eigenvalue weighted by atomic mass is 16.3. The van der Waals surface area contributed by atoms with Crippen LogP contribution in [0.3, 0.4) is 0 Å². The first-order valence-corrected chi connectivity index (χ1v) is 10.1. The fourth-order valence-electron chi connectivity index (χ4n) is 4.46. The molecule has 0 amide bonds. The molecule has 0 saturated heterocycles. The maximum Gasteiger partial charge on any atom is 0.132 e. The van der Waals surface area contributed by atoms with Gasteiger partial charge in [0.2, 0.25) is 0 Å². The third-order valence-corrected chi connectivity index (χ3v) is 5.71. The Balaban J connectivity index is 1.94. The van der Waals surface area contributed by atoms with Crippen molar-refractivity contribution in [3.8, 4) is 33.8 Å². The fourth-order valence-corrected chi connectivity index (χ4v) is 4.46. The lowest BCUT2D eigenvalue weighted by atomic mass is 9.88. The minimum absolute atomic E-state index is 0.159. The standard InChI is InChI=1S/C28H22O2/c1-17-13-18(2)15-21(14-17)24-16-20-8-4-6-10-23(20)27(28(24)30)26-22-9-5-3-7-19(22)11-12-25(26)29/h3-16,29-30H,1-2H3. The van der Waals surface area contributed by atoms with E-state index in [4.69, 9.17) is 0 Å². The summed E-state index contributed by atoms with van der Waals surface area (Å²) in [6, 6.07) is 27.9. The number of hydrogen-bond donors (Lipinski definition) is 2. The number of aromatic hydroxyl groups is 2. The molecular weight excluding hydrogens is 368 g/mol. The van der Waals surface area contributed by atoms with Crippen LogP contribution in [0, 0.1) is 13.8 Å². The van der Waals surface area contributed by atoms with Gasteiger partial charge in [0, 0.05) is 16.7 Å². The van der Waals surface area contributed by atoms with E-state index in [-0.39, 0.29) is 11.5 Å². The van der Waals surface area contributed by atoms with Crippen molar-refractivity contribution in [3.63, 3.8) is 0 Å². The molecule has 5 aromatic rings. The van der Waals surface area contributed by atoms with Crippen molar-refractivity contribution < 1.29 is 10.2 Å². The first-order chi connectivity index (χ1) is 14.5. The second-order valence-electron chi connectivity index (χ2n) is 7.93. The molecule has 0 spiro atoms. The summed E-state index contributed by atoms with van der Waals surface area (Å²) in [4.78, 5) is 0. The van der Waals surface area contributed by atoms with Crippen LogP contribution in [0.4, 0.5) is 0 Å². The minimum atomic E-state index is 0.159. The molecular formula is C28H22O2. The lowest BCUT2D eigenvalue weighted by Crippen LogP contribution is -1.91. The van der Waals surface area contributed by atoms with E-state index >= 15 is 0 Å². The predicted octanol–water partition coefficient (Wildman–Crippen LogP) is 7.36. The lowest BCUT2D eigenvalue weighted by Gasteiger charge is -2.18. The Hall–Kier alpha value is -3.78. The van der Waals surface area contributed by atoms with Gasteiger partial charge in [-0.05, 0) is 53.1 Å². The number of phenolic OH excluding ortho intramolecular Hbond substituents is 2. The quantitative estimate of drug-likeness (QED) is 0.331. The highest BCUT2D eigenvalue weighted by Crippen LogP contribution is 2.48. The Labute approximate surface area is 175 Å². The highest BCUT2D eigenvalue weighted by molar-refractivity contribution is 6.11. The van der Waals surface area contributed by atoms with Crippen molar-refractivity contribution in [1.29, 1.82) is 0 Å². The summed E-state index contributed by atoms with van der Waals surface area (Å²) in [7, 11) is 0. The van der Waals surface area contributed by atoms with Gasteiger partial charge in [-0.1, -0.05) is 83.9 Å². The molecule has 2 N–H and O–H groups in total. The molecule has 5 aromatic carbocycles. The van der Waals surface area contributed by atoms with Gasteiger partial charge in [0.05, 0.1) is 0 Å². The Bertz CT molecular complexity index is 1410. The molecule has 146 valence electrons. The van der Waals surface area contributed by atoms with Crippen LogP contribution in [-0.4, -0.2) is 10.2 Å². The normalized spacial score (nSPS) is 11.3. The van der Waals surface area contributed by atoms with Crippen molar-refractivity contribution in [3.05, 3.63) is 96.1 Å². The van der Waals surface area contributed by atoms with E-state index in [1.54, 1.807) is 6.07 Å². The molecule has 0 aliphatic rings. The van der Waals surface area contributed by atoms with E-state index in [0.29, 0.717) is 11.1 Å². The number of phenols is 2. The van der Waals surface area contributed by atoms with Crippen LogP contribution in [0.1, 0.15) is 11.1 Å². The van der Waals surface area contributed by atoms with Crippen LogP contribution < -0.4 is 0 Å². The first kappa shape index (κ1) is 18.3. The molecule has 0 aromatic heterocycles. The third-order valence-electron chi connectivity index (χ3n) is 5.71. The summed E-state index contributed by atoms with van der Waals surface area (Å²) in [5, 5.41) is 26.3. The zero-order chi connectivity index (χ0) is 20.8. The van der Waals surface area contributed by atoms with E-state index in [1.807, 2.05) is 60.7 Å². The molecule has 0 bridgehead atoms. The summed E-state index contributed by atoms with van der Waals surface area (Å²) >= 11 is 0. The summed E-state index contributed by atoms with van der Waals surface area (Å²) < 4.78 is 0. The smallest absolute Gasteiger partial charge is 0.132 e. The molecule has 5 rings (SSSR count). The minimum Gasteiger partial charge on any atom is -0.507 e.